The van der Waals surface area contributed by atoms with Gasteiger partial charge in [-0.1, -0.05) is 42.5 Å². The molecule has 25 heavy (non-hydrogen) atoms. The molecule has 0 aliphatic carbocycles. The number of hydrogen-bond acceptors (Lipinski definition) is 3. The van der Waals surface area contributed by atoms with Crippen molar-refractivity contribution in [1.82, 2.24) is 15.3 Å². The van der Waals surface area contributed by atoms with Crippen LogP contribution in [0.15, 0.2) is 60.8 Å². The topological polar surface area (TPSA) is 93.6 Å². The molecule has 1 aromatic heterocycles. The second-order valence-corrected chi connectivity index (χ2v) is 5.45. The lowest BCUT2D eigenvalue weighted by atomic mass is 10.1. The summed E-state index contributed by atoms with van der Waals surface area (Å²) in [5.41, 5.74) is 3.54. The number of aromatic nitrogens is 2. The summed E-state index contributed by atoms with van der Waals surface area (Å²) in [6, 6.07) is 18.8. The summed E-state index contributed by atoms with van der Waals surface area (Å²) in [7, 11) is 0. The Morgan fingerprint density at radius 3 is 2.60 bits per heavy atom. The van der Waals surface area contributed by atoms with Gasteiger partial charge in [-0.3, -0.25) is 0 Å². The maximum absolute atomic E-state index is 12.0. The minimum atomic E-state index is -0.314. The molecule has 2 aromatic carbocycles. The van der Waals surface area contributed by atoms with E-state index in [0.717, 1.165) is 16.8 Å². The van der Waals surface area contributed by atoms with E-state index < -0.39 is 0 Å². The number of anilines is 1. The van der Waals surface area contributed by atoms with Gasteiger partial charge in [-0.15, -0.1) is 0 Å². The number of hydrogen-bond donors (Lipinski definition) is 3. The maximum atomic E-state index is 12.0. The van der Waals surface area contributed by atoms with Crippen LogP contribution in [-0.4, -0.2) is 16.0 Å². The average Bonchev–Trinajstić information content (AvgIpc) is 3.12. The van der Waals surface area contributed by atoms with Crippen molar-refractivity contribution in [3.8, 4) is 17.3 Å². The maximum Gasteiger partial charge on any atom is 0.319 e. The van der Waals surface area contributed by atoms with Crippen molar-refractivity contribution in [2.24, 2.45) is 0 Å². The lowest BCUT2D eigenvalue weighted by molar-refractivity contribution is 0.251. The molecule has 6 heteroatoms. The van der Waals surface area contributed by atoms with Crippen molar-refractivity contribution in [2.75, 3.05) is 5.32 Å². The van der Waals surface area contributed by atoms with Crippen LogP contribution in [0.1, 0.15) is 11.4 Å². The normalized spacial score (nSPS) is 10.0. The van der Waals surface area contributed by atoms with Gasteiger partial charge in [0.1, 0.15) is 5.82 Å². The second kappa shape index (κ2) is 7.79. The third-order valence-corrected chi connectivity index (χ3v) is 3.62. The second-order valence-electron chi connectivity index (χ2n) is 5.45. The summed E-state index contributed by atoms with van der Waals surface area (Å²) in [5, 5.41) is 14.1. The molecule has 0 aliphatic heterocycles. The third-order valence-electron chi connectivity index (χ3n) is 3.62. The summed E-state index contributed by atoms with van der Waals surface area (Å²) < 4.78 is 0. The fourth-order valence-electron chi connectivity index (χ4n) is 2.35. The standard InChI is InChI=1S/C19H17N5O/c20-11-10-14-6-8-16(9-7-14)23-19(25)22-13-18-21-12-17(24-18)15-4-2-1-3-5-15/h1-9,12H,10,13H2,(H,21,24)(H2,22,23,25). The molecule has 3 N–H and O–H groups in total. The Morgan fingerprint density at radius 2 is 1.88 bits per heavy atom. The van der Waals surface area contributed by atoms with Crippen molar-refractivity contribution in [2.45, 2.75) is 13.0 Å². The number of aromatic amines is 1. The number of H-pyrrole nitrogens is 1. The highest BCUT2D eigenvalue weighted by Gasteiger charge is 2.06. The van der Waals surface area contributed by atoms with Crippen LogP contribution in [0.2, 0.25) is 0 Å². The van der Waals surface area contributed by atoms with Crippen LogP contribution in [0.5, 0.6) is 0 Å². The predicted molar refractivity (Wildman–Crippen MR) is 95.6 cm³/mol. The van der Waals surface area contributed by atoms with Crippen molar-refractivity contribution in [1.29, 1.82) is 5.26 Å². The molecule has 1 heterocycles. The molecule has 3 aromatic rings. The van der Waals surface area contributed by atoms with Crippen molar-refractivity contribution in [3.05, 3.63) is 72.2 Å². The first kappa shape index (κ1) is 16.3. The average molecular weight is 331 g/mol. The molecule has 0 fully saturated rings. The van der Waals surface area contributed by atoms with Gasteiger partial charge in [-0.2, -0.15) is 5.26 Å². The zero-order chi connectivity index (χ0) is 17.5. The van der Waals surface area contributed by atoms with Gasteiger partial charge >= 0.3 is 6.03 Å². The molecule has 0 unspecified atom stereocenters. The number of benzene rings is 2. The quantitative estimate of drug-likeness (QED) is 0.668. The van der Waals surface area contributed by atoms with E-state index in [2.05, 4.69) is 26.7 Å². The molecule has 0 spiro atoms. The molecule has 0 radical (unpaired) electrons. The first-order valence-corrected chi connectivity index (χ1v) is 7.84. The van der Waals surface area contributed by atoms with E-state index in [9.17, 15) is 4.79 Å². The number of nitriles is 1. The molecule has 0 bridgehead atoms. The number of carbonyl (C=O) groups excluding carboxylic acids is 1. The smallest absolute Gasteiger partial charge is 0.319 e. The highest BCUT2D eigenvalue weighted by atomic mass is 16.2. The lowest BCUT2D eigenvalue weighted by Gasteiger charge is -2.07. The van der Waals surface area contributed by atoms with Crippen LogP contribution in [0.4, 0.5) is 10.5 Å². The van der Waals surface area contributed by atoms with E-state index in [4.69, 9.17) is 5.26 Å². The van der Waals surface area contributed by atoms with Crippen molar-refractivity contribution >= 4 is 11.7 Å². The van der Waals surface area contributed by atoms with Gasteiger partial charge in [0.05, 0.1) is 30.9 Å². The summed E-state index contributed by atoms with van der Waals surface area (Å²) >= 11 is 0. The van der Waals surface area contributed by atoms with E-state index in [1.807, 2.05) is 42.5 Å². The van der Waals surface area contributed by atoms with Gasteiger partial charge in [0, 0.05) is 5.69 Å². The van der Waals surface area contributed by atoms with Gasteiger partial charge in [0.2, 0.25) is 0 Å². The SMILES string of the molecule is N#CCc1ccc(NC(=O)NCc2ncc(-c3ccccc3)[nH]2)cc1. The number of imidazole rings is 1. The zero-order valence-corrected chi connectivity index (χ0v) is 13.5. The third kappa shape index (κ3) is 4.45. The molecule has 6 nitrogen and oxygen atoms in total. The Kier molecular flexibility index (Phi) is 5.07. The van der Waals surface area contributed by atoms with E-state index in [-0.39, 0.29) is 6.03 Å². The largest absolute Gasteiger partial charge is 0.341 e. The first-order valence-electron chi connectivity index (χ1n) is 7.84. The summed E-state index contributed by atoms with van der Waals surface area (Å²) in [5.74, 6) is 0.679. The van der Waals surface area contributed by atoms with Crippen molar-refractivity contribution in [3.63, 3.8) is 0 Å². The van der Waals surface area contributed by atoms with Crippen LogP contribution >= 0.6 is 0 Å². The molecule has 0 aliphatic rings. The highest BCUT2D eigenvalue weighted by molar-refractivity contribution is 5.89. The molecule has 0 saturated carbocycles. The van der Waals surface area contributed by atoms with Crippen molar-refractivity contribution < 1.29 is 4.79 Å². The first-order chi connectivity index (χ1) is 12.2. The minimum absolute atomic E-state index is 0.297. The van der Waals surface area contributed by atoms with Gasteiger partial charge in [0.25, 0.3) is 0 Å². The molecule has 2 amide bonds. The van der Waals surface area contributed by atoms with Crippen LogP contribution in [0.3, 0.4) is 0 Å². The summed E-state index contributed by atoms with van der Waals surface area (Å²) in [6.45, 7) is 0.297. The Bertz CT molecular complexity index is 878. The van der Waals surface area contributed by atoms with Gasteiger partial charge in [-0.05, 0) is 23.3 Å². The zero-order valence-electron chi connectivity index (χ0n) is 13.5. The fraction of sp³-hybridized carbons (Fsp3) is 0.105. The van der Waals surface area contributed by atoms with E-state index in [0.29, 0.717) is 24.5 Å². The number of nitrogens with one attached hydrogen (secondary N) is 3. The van der Waals surface area contributed by atoms with E-state index in [1.54, 1.807) is 18.3 Å². The number of nitrogens with zero attached hydrogens (tertiary/aromatic N) is 2. The molecule has 3 rings (SSSR count). The molecular weight excluding hydrogens is 314 g/mol. The Labute approximate surface area is 145 Å². The minimum Gasteiger partial charge on any atom is -0.341 e. The number of amides is 2. The summed E-state index contributed by atoms with van der Waals surface area (Å²) in [4.78, 5) is 19.4. The molecule has 0 atom stereocenters. The fourth-order valence-corrected chi connectivity index (χ4v) is 2.35. The van der Waals surface area contributed by atoms with Gasteiger partial charge < -0.3 is 15.6 Å². The lowest BCUT2D eigenvalue weighted by Crippen LogP contribution is -2.28. The van der Waals surface area contributed by atoms with Gasteiger partial charge in [0.15, 0.2) is 0 Å². The Balaban J connectivity index is 1.52. The van der Waals surface area contributed by atoms with Crippen LogP contribution < -0.4 is 10.6 Å². The predicted octanol–water partition coefficient (Wildman–Crippen LogP) is 3.46. The van der Waals surface area contributed by atoms with Crippen LogP contribution in [-0.2, 0) is 13.0 Å². The van der Waals surface area contributed by atoms with E-state index >= 15 is 0 Å². The monoisotopic (exact) mass is 331 g/mol. The molecule has 0 saturated heterocycles. The highest BCUT2D eigenvalue weighted by Crippen LogP contribution is 2.16. The summed E-state index contributed by atoms with van der Waals surface area (Å²) in [6.07, 6.45) is 2.10. The molecule has 124 valence electrons. The van der Waals surface area contributed by atoms with Crippen LogP contribution in [0, 0.1) is 11.3 Å². The number of urea groups is 1. The Hall–Kier alpha value is -3.59. The van der Waals surface area contributed by atoms with Gasteiger partial charge in [-0.25, -0.2) is 9.78 Å². The van der Waals surface area contributed by atoms with E-state index in [1.165, 1.54) is 0 Å². The Morgan fingerprint density at radius 1 is 1.12 bits per heavy atom. The van der Waals surface area contributed by atoms with Crippen LogP contribution in [0.25, 0.3) is 11.3 Å². The number of rotatable bonds is 5. The number of carbonyl (C=O) groups is 1. The molecular formula is C19H17N5O.